The average Bonchev–Trinajstić information content (AvgIpc) is 2.73. The number of aryl methyl sites for hydroxylation is 1. The molecule has 90 valence electrons. The van der Waals surface area contributed by atoms with Crippen LogP contribution in [-0.2, 0) is 0 Å². The van der Waals surface area contributed by atoms with E-state index in [1.165, 1.54) is 11.5 Å². The number of rotatable bonds is 5. The van der Waals surface area contributed by atoms with Crippen molar-refractivity contribution in [2.75, 3.05) is 11.9 Å². The SMILES string of the molecule is CCCNc1cc(Sc2nc(C)ns2)ccn1. The van der Waals surface area contributed by atoms with Gasteiger partial charge in [0, 0.05) is 17.6 Å². The summed E-state index contributed by atoms with van der Waals surface area (Å²) in [6.07, 6.45) is 2.91. The molecule has 0 saturated carbocycles. The molecule has 0 aromatic carbocycles. The molecule has 0 fully saturated rings. The number of anilines is 1. The highest BCUT2D eigenvalue weighted by Crippen LogP contribution is 2.29. The third kappa shape index (κ3) is 3.67. The van der Waals surface area contributed by atoms with Gasteiger partial charge >= 0.3 is 0 Å². The minimum absolute atomic E-state index is 0.830. The maximum absolute atomic E-state index is 4.33. The van der Waals surface area contributed by atoms with Gasteiger partial charge in [-0.25, -0.2) is 9.97 Å². The van der Waals surface area contributed by atoms with Crippen molar-refractivity contribution in [3.8, 4) is 0 Å². The van der Waals surface area contributed by atoms with Crippen molar-refractivity contribution >= 4 is 29.1 Å². The Balaban J connectivity index is 2.05. The summed E-state index contributed by atoms with van der Waals surface area (Å²) in [6.45, 7) is 4.98. The summed E-state index contributed by atoms with van der Waals surface area (Å²) in [7, 11) is 0. The van der Waals surface area contributed by atoms with E-state index in [2.05, 4.69) is 26.6 Å². The number of pyridine rings is 1. The van der Waals surface area contributed by atoms with Gasteiger partial charge < -0.3 is 5.32 Å². The molecule has 17 heavy (non-hydrogen) atoms. The van der Waals surface area contributed by atoms with E-state index in [-0.39, 0.29) is 0 Å². The molecule has 0 radical (unpaired) electrons. The summed E-state index contributed by atoms with van der Waals surface area (Å²) in [5.41, 5.74) is 0. The van der Waals surface area contributed by atoms with E-state index < -0.39 is 0 Å². The normalized spacial score (nSPS) is 10.5. The molecule has 2 rings (SSSR count). The van der Waals surface area contributed by atoms with E-state index in [1.807, 2.05) is 25.3 Å². The maximum atomic E-state index is 4.33. The van der Waals surface area contributed by atoms with Crippen LogP contribution in [0, 0.1) is 6.92 Å². The lowest BCUT2D eigenvalue weighted by Crippen LogP contribution is -2.01. The smallest absolute Gasteiger partial charge is 0.174 e. The molecular formula is C11H14N4S2. The van der Waals surface area contributed by atoms with Crippen LogP contribution in [0.3, 0.4) is 0 Å². The van der Waals surface area contributed by atoms with Crippen LogP contribution in [-0.4, -0.2) is 20.9 Å². The Labute approximate surface area is 109 Å². The highest BCUT2D eigenvalue weighted by molar-refractivity contribution is 8.01. The fourth-order valence-electron chi connectivity index (χ4n) is 1.24. The standard InChI is InChI=1S/C11H14N4S2/c1-3-5-12-10-7-9(4-6-13-10)16-11-14-8(2)15-17-11/h4,6-7H,3,5H2,1-2H3,(H,12,13). The molecule has 6 heteroatoms. The lowest BCUT2D eigenvalue weighted by Gasteiger charge is -2.04. The summed E-state index contributed by atoms with van der Waals surface area (Å²) < 4.78 is 5.13. The van der Waals surface area contributed by atoms with E-state index in [0.29, 0.717) is 0 Å². The zero-order chi connectivity index (χ0) is 12.1. The van der Waals surface area contributed by atoms with Gasteiger partial charge in [0.1, 0.15) is 11.6 Å². The average molecular weight is 266 g/mol. The first-order valence-corrected chi connectivity index (χ1v) is 7.05. The van der Waals surface area contributed by atoms with Gasteiger partial charge in [0.05, 0.1) is 0 Å². The summed E-state index contributed by atoms with van der Waals surface area (Å²) in [5, 5.41) is 3.27. The number of hydrogen-bond donors (Lipinski definition) is 1. The number of hydrogen-bond acceptors (Lipinski definition) is 6. The van der Waals surface area contributed by atoms with Crippen LogP contribution in [0.5, 0.6) is 0 Å². The Morgan fingerprint density at radius 2 is 2.35 bits per heavy atom. The van der Waals surface area contributed by atoms with Crippen LogP contribution in [0.2, 0.25) is 0 Å². The number of nitrogens with one attached hydrogen (secondary N) is 1. The Morgan fingerprint density at radius 1 is 1.47 bits per heavy atom. The fourth-order valence-corrected chi connectivity index (χ4v) is 2.90. The predicted molar refractivity (Wildman–Crippen MR) is 71.8 cm³/mol. The first-order valence-electron chi connectivity index (χ1n) is 5.46. The summed E-state index contributed by atoms with van der Waals surface area (Å²) in [4.78, 5) is 9.73. The fraction of sp³-hybridized carbons (Fsp3) is 0.364. The Morgan fingerprint density at radius 3 is 3.06 bits per heavy atom. The molecule has 0 aliphatic carbocycles. The molecule has 0 unspecified atom stereocenters. The number of nitrogens with zero attached hydrogens (tertiary/aromatic N) is 3. The van der Waals surface area contributed by atoms with E-state index in [1.54, 1.807) is 11.8 Å². The molecule has 2 heterocycles. The minimum atomic E-state index is 0.830. The molecule has 2 aromatic rings. The second-order valence-corrected chi connectivity index (χ2v) is 5.59. The first kappa shape index (κ1) is 12.3. The van der Waals surface area contributed by atoms with Crippen molar-refractivity contribution in [1.82, 2.24) is 14.3 Å². The lowest BCUT2D eigenvalue weighted by molar-refractivity contribution is 0.967. The first-order chi connectivity index (χ1) is 8.28. The second-order valence-electron chi connectivity index (χ2n) is 3.51. The third-order valence-electron chi connectivity index (χ3n) is 2.00. The van der Waals surface area contributed by atoms with Crippen molar-refractivity contribution in [2.24, 2.45) is 0 Å². The molecule has 0 atom stereocenters. The largest absolute Gasteiger partial charge is 0.370 e. The zero-order valence-electron chi connectivity index (χ0n) is 9.80. The second kappa shape index (κ2) is 5.97. The molecule has 0 aliphatic rings. The molecule has 4 nitrogen and oxygen atoms in total. The molecule has 1 N–H and O–H groups in total. The Kier molecular flexibility index (Phi) is 4.33. The molecule has 0 aliphatic heterocycles. The van der Waals surface area contributed by atoms with E-state index >= 15 is 0 Å². The Bertz CT molecular complexity index is 484. The van der Waals surface area contributed by atoms with Crippen molar-refractivity contribution in [3.05, 3.63) is 24.2 Å². The molecular weight excluding hydrogens is 252 g/mol. The van der Waals surface area contributed by atoms with Gasteiger partial charge in [0.15, 0.2) is 4.34 Å². The van der Waals surface area contributed by atoms with Crippen LogP contribution >= 0.6 is 23.3 Å². The van der Waals surface area contributed by atoms with Crippen LogP contribution < -0.4 is 5.32 Å². The van der Waals surface area contributed by atoms with Gasteiger partial charge in [-0.05, 0) is 37.0 Å². The van der Waals surface area contributed by atoms with Crippen molar-refractivity contribution < 1.29 is 0 Å². The molecule has 0 amide bonds. The third-order valence-corrected chi connectivity index (χ3v) is 3.83. The molecule has 0 bridgehead atoms. The van der Waals surface area contributed by atoms with Gasteiger partial charge in [0.25, 0.3) is 0 Å². The summed E-state index contributed by atoms with van der Waals surface area (Å²) in [6, 6.07) is 4.02. The zero-order valence-corrected chi connectivity index (χ0v) is 11.4. The van der Waals surface area contributed by atoms with Crippen molar-refractivity contribution in [3.63, 3.8) is 0 Å². The highest BCUT2D eigenvalue weighted by atomic mass is 32.2. The molecule has 2 aromatic heterocycles. The van der Waals surface area contributed by atoms with E-state index in [9.17, 15) is 0 Å². The van der Waals surface area contributed by atoms with Gasteiger partial charge in [0.2, 0.25) is 0 Å². The van der Waals surface area contributed by atoms with E-state index in [0.717, 1.165) is 33.8 Å². The van der Waals surface area contributed by atoms with Gasteiger partial charge in [-0.1, -0.05) is 18.7 Å². The van der Waals surface area contributed by atoms with Crippen LogP contribution in [0.25, 0.3) is 0 Å². The number of aromatic nitrogens is 3. The van der Waals surface area contributed by atoms with Crippen LogP contribution in [0.1, 0.15) is 19.2 Å². The van der Waals surface area contributed by atoms with Gasteiger partial charge in [-0.15, -0.1) is 0 Å². The Hall–Kier alpha value is -1.14. The van der Waals surface area contributed by atoms with Gasteiger partial charge in [-0.2, -0.15) is 4.37 Å². The highest BCUT2D eigenvalue weighted by Gasteiger charge is 2.04. The topological polar surface area (TPSA) is 50.7 Å². The van der Waals surface area contributed by atoms with Crippen molar-refractivity contribution in [2.45, 2.75) is 29.5 Å². The van der Waals surface area contributed by atoms with Gasteiger partial charge in [-0.3, -0.25) is 0 Å². The molecule has 0 spiro atoms. The minimum Gasteiger partial charge on any atom is -0.370 e. The summed E-state index contributed by atoms with van der Waals surface area (Å²) in [5.74, 6) is 1.74. The maximum Gasteiger partial charge on any atom is 0.174 e. The summed E-state index contributed by atoms with van der Waals surface area (Å²) >= 11 is 3.05. The molecule has 0 saturated heterocycles. The predicted octanol–water partition coefficient (Wildman–Crippen LogP) is 3.21. The monoisotopic (exact) mass is 266 g/mol. The van der Waals surface area contributed by atoms with Crippen LogP contribution in [0.4, 0.5) is 5.82 Å². The van der Waals surface area contributed by atoms with E-state index in [4.69, 9.17) is 0 Å². The van der Waals surface area contributed by atoms with Crippen LogP contribution in [0.15, 0.2) is 27.6 Å². The van der Waals surface area contributed by atoms with Crippen molar-refractivity contribution in [1.29, 1.82) is 0 Å². The quantitative estimate of drug-likeness (QED) is 0.900. The lowest BCUT2D eigenvalue weighted by atomic mass is 10.4.